The van der Waals surface area contributed by atoms with Gasteiger partial charge in [0.05, 0.1) is 0 Å². The monoisotopic (exact) mass is 223 g/mol. The summed E-state index contributed by atoms with van der Waals surface area (Å²) >= 11 is 0. The average Bonchev–Trinajstić information content (AvgIpc) is 2.66. The molecule has 0 aromatic carbocycles. The zero-order chi connectivity index (χ0) is 11.5. The van der Waals surface area contributed by atoms with E-state index in [1.54, 1.807) is 6.20 Å². The molecule has 0 unspecified atom stereocenters. The highest BCUT2D eigenvalue weighted by Gasteiger charge is 2.20. The molecule has 1 aliphatic rings. The number of aromatic nitrogens is 2. The van der Waals surface area contributed by atoms with Gasteiger partial charge in [-0.25, -0.2) is 4.98 Å². The van der Waals surface area contributed by atoms with Crippen LogP contribution in [0.4, 0.5) is 0 Å². The highest BCUT2D eigenvalue weighted by Crippen LogP contribution is 2.25. The molecule has 2 N–H and O–H groups in total. The van der Waals surface area contributed by atoms with E-state index in [0.29, 0.717) is 11.7 Å². The molecule has 1 aromatic rings. The first-order chi connectivity index (χ1) is 7.65. The molecule has 2 rings (SSSR count). The zero-order valence-corrected chi connectivity index (χ0v) is 9.44. The molecular weight excluding hydrogens is 206 g/mol. The summed E-state index contributed by atoms with van der Waals surface area (Å²) < 4.78 is 0. The molecule has 5 heteroatoms. The third-order valence-electron chi connectivity index (χ3n) is 3.13. The quantitative estimate of drug-likeness (QED) is 0.797. The topological polar surface area (TPSA) is 69.2 Å². The van der Waals surface area contributed by atoms with E-state index in [2.05, 4.69) is 21.9 Å². The van der Waals surface area contributed by atoms with Crippen LogP contribution in [0.2, 0.25) is 0 Å². The molecule has 16 heavy (non-hydrogen) atoms. The lowest BCUT2D eigenvalue weighted by Crippen LogP contribution is -2.29. The van der Waals surface area contributed by atoms with Gasteiger partial charge in [0.15, 0.2) is 0 Å². The van der Waals surface area contributed by atoms with Crippen LogP contribution in [0.25, 0.3) is 0 Å². The Hall–Kier alpha value is -1.36. The standard InChI is InChI=1S/C11H17N3O2/c1-14-4-2-8(3-5-14)9-7-12-10(13-9)6-11(15)16/h7-8H,2-6H2,1H3,(H,12,13)(H,15,16). The van der Waals surface area contributed by atoms with Gasteiger partial charge in [-0.15, -0.1) is 0 Å². The summed E-state index contributed by atoms with van der Waals surface area (Å²) in [5.41, 5.74) is 1.09. The highest BCUT2D eigenvalue weighted by molar-refractivity contribution is 5.68. The van der Waals surface area contributed by atoms with Crippen molar-refractivity contribution in [2.24, 2.45) is 0 Å². The number of aliphatic carboxylic acids is 1. The molecule has 88 valence electrons. The van der Waals surface area contributed by atoms with Gasteiger partial charge in [0, 0.05) is 17.8 Å². The second-order valence-electron chi connectivity index (χ2n) is 4.43. The van der Waals surface area contributed by atoms with E-state index in [4.69, 9.17) is 5.11 Å². The SMILES string of the molecule is CN1CCC(c2cnc(CC(=O)O)[nH]2)CC1. The van der Waals surface area contributed by atoms with Crippen LogP contribution in [-0.2, 0) is 11.2 Å². The van der Waals surface area contributed by atoms with Gasteiger partial charge in [-0.3, -0.25) is 4.79 Å². The van der Waals surface area contributed by atoms with E-state index in [9.17, 15) is 4.79 Å². The second-order valence-corrected chi connectivity index (χ2v) is 4.43. The van der Waals surface area contributed by atoms with Gasteiger partial charge in [-0.2, -0.15) is 0 Å². The molecule has 1 fully saturated rings. The van der Waals surface area contributed by atoms with Crippen LogP contribution in [0.3, 0.4) is 0 Å². The molecule has 0 atom stereocenters. The molecule has 0 spiro atoms. The summed E-state index contributed by atoms with van der Waals surface area (Å²) in [6, 6.07) is 0. The predicted molar refractivity (Wildman–Crippen MR) is 59.4 cm³/mol. The summed E-state index contributed by atoms with van der Waals surface area (Å²) in [6.07, 6.45) is 4.00. The number of rotatable bonds is 3. The number of aromatic amines is 1. The molecule has 0 aliphatic carbocycles. The average molecular weight is 223 g/mol. The van der Waals surface area contributed by atoms with Gasteiger partial charge in [0.2, 0.25) is 0 Å². The number of piperidine rings is 1. The number of likely N-dealkylation sites (tertiary alicyclic amines) is 1. The first-order valence-electron chi connectivity index (χ1n) is 5.59. The molecule has 5 nitrogen and oxygen atoms in total. The van der Waals surface area contributed by atoms with Crippen LogP contribution in [0.1, 0.15) is 30.3 Å². The molecule has 0 saturated carbocycles. The molecule has 1 aliphatic heterocycles. The minimum atomic E-state index is -0.843. The normalized spacial score (nSPS) is 18.8. The van der Waals surface area contributed by atoms with Gasteiger partial charge in [0.25, 0.3) is 0 Å². The molecule has 0 amide bonds. The minimum absolute atomic E-state index is 0.0212. The lowest BCUT2D eigenvalue weighted by Gasteiger charge is -2.28. The maximum Gasteiger partial charge on any atom is 0.311 e. The van der Waals surface area contributed by atoms with Crippen molar-refractivity contribution in [1.29, 1.82) is 0 Å². The number of imidazole rings is 1. The smallest absolute Gasteiger partial charge is 0.311 e. The Morgan fingerprint density at radius 2 is 2.31 bits per heavy atom. The first-order valence-corrected chi connectivity index (χ1v) is 5.59. The van der Waals surface area contributed by atoms with E-state index in [1.807, 2.05) is 0 Å². The van der Waals surface area contributed by atoms with Crippen molar-refractivity contribution in [3.05, 3.63) is 17.7 Å². The number of hydrogen-bond donors (Lipinski definition) is 2. The number of carboxylic acids is 1. The van der Waals surface area contributed by atoms with Gasteiger partial charge in [0.1, 0.15) is 12.2 Å². The zero-order valence-electron chi connectivity index (χ0n) is 9.44. The van der Waals surface area contributed by atoms with Crippen molar-refractivity contribution in [2.45, 2.75) is 25.2 Å². The Labute approximate surface area is 94.5 Å². The Balaban J connectivity index is 1.99. The first kappa shape index (κ1) is 11.1. The van der Waals surface area contributed by atoms with E-state index in [-0.39, 0.29) is 6.42 Å². The van der Waals surface area contributed by atoms with Crippen LogP contribution < -0.4 is 0 Å². The van der Waals surface area contributed by atoms with E-state index in [1.165, 1.54) is 0 Å². The lowest BCUT2D eigenvalue weighted by atomic mass is 9.94. The van der Waals surface area contributed by atoms with Crippen molar-refractivity contribution in [2.75, 3.05) is 20.1 Å². The molecule has 1 saturated heterocycles. The third kappa shape index (κ3) is 2.61. The fourth-order valence-corrected chi connectivity index (χ4v) is 2.14. The molecule has 0 bridgehead atoms. The number of hydrogen-bond acceptors (Lipinski definition) is 3. The number of carbonyl (C=O) groups is 1. The van der Waals surface area contributed by atoms with Crippen molar-refractivity contribution in [1.82, 2.24) is 14.9 Å². The summed E-state index contributed by atoms with van der Waals surface area (Å²) in [4.78, 5) is 20.1. The maximum atomic E-state index is 10.5. The van der Waals surface area contributed by atoms with Gasteiger partial charge >= 0.3 is 5.97 Å². The molecular formula is C11H17N3O2. The Bertz CT molecular complexity index is 367. The second kappa shape index (κ2) is 4.65. The summed E-state index contributed by atoms with van der Waals surface area (Å²) in [7, 11) is 2.12. The number of nitrogens with one attached hydrogen (secondary N) is 1. The number of H-pyrrole nitrogens is 1. The largest absolute Gasteiger partial charge is 0.481 e. The molecule has 0 radical (unpaired) electrons. The van der Waals surface area contributed by atoms with Gasteiger partial charge < -0.3 is 15.0 Å². The van der Waals surface area contributed by atoms with Crippen LogP contribution in [-0.4, -0.2) is 46.1 Å². The fourth-order valence-electron chi connectivity index (χ4n) is 2.14. The Morgan fingerprint density at radius 3 is 2.94 bits per heavy atom. The molecule has 1 aromatic heterocycles. The highest BCUT2D eigenvalue weighted by atomic mass is 16.4. The lowest BCUT2D eigenvalue weighted by molar-refractivity contribution is -0.136. The van der Waals surface area contributed by atoms with Crippen LogP contribution in [0.5, 0.6) is 0 Å². The van der Waals surface area contributed by atoms with Crippen molar-refractivity contribution < 1.29 is 9.90 Å². The van der Waals surface area contributed by atoms with Gasteiger partial charge in [-0.1, -0.05) is 0 Å². The van der Waals surface area contributed by atoms with Crippen molar-refractivity contribution >= 4 is 5.97 Å². The van der Waals surface area contributed by atoms with Crippen LogP contribution >= 0.6 is 0 Å². The van der Waals surface area contributed by atoms with Gasteiger partial charge in [-0.05, 0) is 33.0 Å². The van der Waals surface area contributed by atoms with E-state index >= 15 is 0 Å². The van der Waals surface area contributed by atoms with Crippen molar-refractivity contribution in [3.63, 3.8) is 0 Å². The fraction of sp³-hybridized carbons (Fsp3) is 0.636. The minimum Gasteiger partial charge on any atom is -0.481 e. The van der Waals surface area contributed by atoms with E-state index in [0.717, 1.165) is 31.6 Å². The Morgan fingerprint density at radius 1 is 1.62 bits per heavy atom. The number of carboxylic acid groups (broad SMARTS) is 1. The summed E-state index contributed by atoms with van der Waals surface area (Å²) in [5.74, 6) is 0.219. The predicted octanol–water partition coefficient (Wildman–Crippen LogP) is 0.846. The Kier molecular flexibility index (Phi) is 3.24. The van der Waals surface area contributed by atoms with Crippen LogP contribution in [0.15, 0.2) is 6.20 Å². The summed E-state index contributed by atoms with van der Waals surface area (Å²) in [6.45, 7) is 2.19. The summed E-state index contributed by atoms with van der Waals surface area (Å²) in [5, 5.41) is 8.65. The third-order valence-corrected chi connectivity index (χ3v) is 3.13. The number of nitrogens with zero attached hydrogens (tertiary/aromatic N) is 2. The van der Waals surface area contributed by atoms with Crippen LogP contribution in [0, 0.1) is 0 Å². The van der Waals surface area contributed by atoms with E-state index < -0.39 is 5.97 Å². The molecule has 2 heterocycles. The van der Waals surface area contributed by atoms with Crippen molar-refractivity contribution in [3.8, 4) is 0 Å². The maximum absolute atomic E-state index is 10.5.